The van der Waals surface area contributed by atoms with Gasteiger partial charge in [-0.3, -0.25) is 9.00 Å². The molecule has 150 valence electrons. The number of halogens is 1. The Balaban J connectivity index is 1.31. The van der Waals surface area contributed by atoms with Crippen LogP contribution in [0.25, 0.3) is 0 Å². The molecule has 1 aliphatic rings. The number of rotatable bonds is 7. The molecule has 0 spiro atoms. The van der Waals surface area contributed by atoms with Crippen LogP contribution in [0, 0.1) is 0 Å². The monoisotopic (exact) mass is 431 g/mol. The smallest absolute Gasteiger partial charge is 0.287 e. The Bertz CT molecular complexity index is 1060. The second-order valence-corrected chi connectivity index (χ2v) is 8.39. The Morgan fingerprint density at radius 1 is 1.00 bits per heavy atom. The second kappa shape index (κ2) is 8.71. The van der Waals surface area contributed by atoms with Crippen molar-refractivity contribution in [2.24, 2.45) is 0 Å². The summed E-state index contributed by atoms with van der Waals surface area (Å²) >= 11 is 5.95. The van der Waals surface area contributed by atoms with Crippen molar-refractivity contribution in [2.45, 2.75) is 18.1 Å². The molecule has 0 saturated heterocycles. The van der Waals surface area contributed by atoms with Crippen molar-refractivity contribution in [3.63, 3.8) is 0 Å². The van der Waals surface area contributed by atoms with Gasteiger partial charge in [0.2, 0.25) is 6.79 Å². The molecule has 0 saturated carbocycles. The van der Waals surface area contributed by atoms with Crippen LogP contribution in [-0.2, 0) is 28.9 Å². The molecule has 8 heteroatoms. The zero-order valence-electron chi connectivity index (χ0n) is 15.4. The number of furan rings is 1. The highest BCUT2D eigenvalue weighted by molar-refractivity contribution is 7.83. The standard InChI is InChI=1S/C21H18ClNO5S/c22-16-3-1-2-15(8-16)11-29(25)12-17-5-7-19(28-17)21(24)23-10-14-4-6-18-20(9-14)27-13-26-18/h1-9H,10-13H2,(H,23,24)/t29-/m1/s1. The number of nitrogens with one attached hydrogen (secondary N) is 1. The Morgan fingerprint density at radius 3 is 2.72 bits per heavy atom. The first-order chi connectivity index (χ1) is 14.1. The first-order valence-electron chi connectivity index (χ1n) is 8.92. The number of carbonyl (C=O) groups is 1. The highest BCUT2D eigenvalue weighted by atomic mass is 35.5. The molecule has 0 fully saturated rings. The molecule has 0 radical (unpaired) electrons. The van der Waals surface area contributed by atoms with E-state index in [1.54, 1.807) is 24.3 Å². The van der Waals surface area contributed by atoms with Crippen LogP contribution >= 0.6 is 11.6 Å². The van der Waals surface area contributed by atoms with Gasteiger partial charge >= 0.3 is 0 Å². The molecule has 1 aliphatic heterocycles. The first kappa shape index (κ1) is 19.5. The van der Waals surface area contributed by atoms with E-state index >= 15 is 0 Å². The van der Waals surface area contributed by atoms with Gasteiger partial charge in [0.25, 0.3) is 5.91 Å². The van der Waals surface area contributed by atoms with Gasteiger partial charge in [-0.2, -0.15) is 0 Å². The van der Waals surface area contributed by atoms with E-state index in [-0.39, 0.29) is 24.2 Å². The number of hydrogen-bond donors (Lipinski definition) is 1. The summed E-state index contributed by atoms with van der Waals surface area (Å²) < 4.78 is 28.5. The van der Waals surface area contributed by atoms with E-state index in [9.17, 15) is 9.00 Å². The van der Waals surface area contributed by atoms with Crippen molar-refractivity contribution in [1.29, 1.82) is 0 Å². The largest absolute Gasteiger partial charge is 0.455 e. The lowest BCUT2D eigenvalue weighted by Gasteiger charge is -2.05. The molecule has 1 aromatic heterocycles. The summed E-state index contributed by atoms with van der Waals surface area (Å²) in [6.07, 6.45) is 0. The van der Waals surface area contributed by atoms with Gasteiger partial charge in [0.1, 0.15) is 5.76 Å². The van der Waals surface area contributed by atoms with Crippen molar-refractivity contribution in [3.05, 3.63) is 82.3 Å². The van der Waals surface area contributed by atoms with Crippen LogP contribution in [-0.4, -0.2) is 16.9 Å². The van der Waals surface area contributed by atoms with E-state index in [4.69, 9.17) is 25.5 Å². The third-order valence-corrected chi connectivity index (χ3v) is 5.79. The predicted molar refractivity (Wildman–Crippen MR) is 109 cm³/mol. The van der Waals surface area contributed by atoms with Crippen LogP contribution in [0.15, 0.2) is 59.0 Å². The first-order valence-corrected chi connectivity index (χ1v) is 10.8. The molecule has 1 N–H and O–H groups in total. The molecule has 1 amide bonds. The minimum absolute atomic E-state index is 0.181. The minimum atomic E-state index is -1.17. The van der Waals surface area contributed by atoms with E-state index in [2.05, 4.69) is 5.32 Å². The van der Waals surface area contributed by atoms with Gasteiger partial charge in [0.05, 0.1) is 5.75 Å². The van der Waals surface area contributed by atoms with E-state index in [0.29, 0.717) is 34.6 Å². The average molecular weight is 432 g/mol. The maximum Gasteiger partial charge on any atom is 0.287 e. The fourth-order valence-corrected chi connectivity index (χ4v) is 4.26. The zero-order valence-corrected chi connectivity index (χ0v) is 16.9. The zero-order chi connectivity index (χ0) is 20.2. The molecule has 29 heavy (non-hydrogen) atoms. The highest BCUT2D eigenvalue weighted by Crippen LogP contribution is 2.32. The van der Waals surface area contributed by atoms with Crippen LogP contribution in [0.2, 0.25) is 5.02 Å². The lowest BCUT2D eigenvalue weighted by molar-refractivity contribution is 0.0921. The normalized spacial score (nSPS) is 13.3. The molecule has 0 bridgehead atoms. The third-order valence-electron chi connectivity index (χ3n) is 4.30. The molecule has 4 rings (SSSR count). The van der Waals surface area contributed by atoms with E-state index in [0.717, 1.165) is 11.1 Å². The number of benzene rings is 2. The summed E-state index contributed by atoms with van der Waals surface area (Å²) in [6, 6.07) is 16.0. The molecule has 2 aromatic carbocycles. The number of hydrogen-bond acceptors (Lipinski definition) is 5. The summed E-state index contributed by atoms with van der Waals surface area (Å²) in [7, 11) is -1.17. The highest BCUT2D eigenvalue weighted by Gasteiger charge is 2.15. The summed E-state index contributed by atoms with van der Waals surface area (Å²) in [4.78, 5) is 12.3. The Kier molecular flexibility index (Phi) is 5.87. The fourth-order valence-electron chi connectivity index (χ4n) is 2.92. The lowest BCUT2D eigenvalue weighted by atomic mass is 10.2. The van der Waals surface area contributed by atoms with Gasteiger partial charge in [-0.15, -0.1) is 0 Å². The molecule has 2 heterocycles. The number of carbonyl (C=O) groups excluding carboxylic acids is 1. The van der Waals surface area contributed by atoms with Crippen LogP contribution in [0.1, 0.15) is 27.4 Å². The molecular weight excluding hydrogens is 414 g/mol. The average Bonchev–Trinajstić information content (AvgIpc) is 3.35. The Morgan fingerprint density at radius 2 is 1.86 bits per heavy atom. The molecule has 3 aromatic rings. The summed E-state index contributed by atoms with van der Waals surface area (Å²) in [6.45, 7) is 0.533. The topological polar surface area (TPSA) is 77.8 Å². The number of ether oxygens (including phenoxy) is 2. The maximum absolute atomic E-state index is 12.4. The van der Waals surface area contributed by atoms with Crippen LogP contribution in [0.3, 0.4) is 0 Å². The quantitative estimate of drug-likeness (QED) is 0.610. The van der Waals surface area contributed by atoms with Crippen molar-refractivity contribution in [2.75, 3.05) is 6.79 Å². The Hall–Kier alpha value is -2.77. The lowest BCUT2D eigenvalue weighted by Crippen LogP contribution is -2.22. The van der Waals surface area contributed by atoms with Gasteiger partial charge in [-0.05, 0) is 47.5 Å². The van der Waals surface area contributed by atoms with Crippen molar-refractivity contribution >= 4 is 28.3 Å². The predicted octanol–water partition coefficient (Wildman–Crippen LogP) is 4.04. The number of fused-ring (bicyclic) bond motifs is 1. The van der Waals surface area contributed by atoms with E-state index in [1.807, 2.05) is 30.3 Å². The summed E-state index contributed by atoms with van der Waals surface area (Å²) in [5.74, 6) is 2.30. The Labute approximate surface area is 175 Å². The van der Waals surface area contributed by atoms with Crippen LogP contribution < -0.4 is 14.8 Å². The SMILES string of the molecule is O=C(NCc1ccc2c(c1)OCO2)c1ccc(C[S@](=O)Cc2cccc(Cl)c2)o1. The van der Waals surface area contributed by atoms with Crippen LogP contribution in [0.5, 0.6) is 11.5 Å². The molecule has 1 atom stereocenters. The molecule has 0 unspecified atom stereocenters. The second-order valence-electron chi connectivity index (χ2n) is 6.49. The molecule has 0 aliphatic carbocycles. The van der Waals surface area contributed by atoms with Crippen molar-refractivity contribution < 1.29 is 22.9 Å². The van der Waals surface area contributed by atoms with E-state index < -0.39 is 10.8 Å². The summed E-state index contributed by atoms with van der Waals surface area (Å²) in [5.41, 5.74) is 1.78. The van der Waals surface area contributed by atoms with Crippen LogP contribution in [0.4, 0.5) is 0 Å². The van der Waals surface area contributed by atoms with Crippen molar-refractivity contribution in [3.8, 4) is 11.5 Å². The van der Waals surface area contributed by atoms with Gasteiger partial charge < -0.3 is 19.2 Å². The van der Waals surface area contributed by atoms with Crippen molar-refractivity contribution in [1.82, 2.24) is 5.32 Å². The van der Waals surface area contributed by atoms with Gasteiger partial charge in [-0.1, -0.05) is 29.8 Å². The van der Waals surface area contributed by atoms with Gasteiger partial charge in [-0.25, -0.2) is 0 Å². The summed E-state index contributed by atoms with van der Waals surface area (Å²) in [5, 5.41) is 3.41. The van der Waals surface area contributed by atoms with E-state index in [1.165, 1.54) is 0 Å². The number of amides is 1. The van der Waals surface area contributed by atoms with Gasteiger partial charge in [0, 0.05) is 28.1 Å². The van der Waals surface area contributed by atoms with Gasteiger partial charge in [0.15, 0.2) is 17.3 Å². The fraction of sp³-hybridized carbons (Fsp3) is 0.190. The molecular formula is C21H18ClNO5S. The minimum Gasteiger partial charge on any atom is -0.455 e. The molecule has 6 nitrogen and oxygen atoms in total. The third kappa shape index (κ3) is 4.99. The maximum atomic E-state index is 12.4.